The number of nitrogens with zero attached hydrogens (tertiary/aromatic N) is 2. The van der Waals surface area contributed by atoms with Gasteiger partial charge in [-0.2, -0.15) is 5.10 Å². The highest BCUT2D eigenvalue weighted by atomic mass is 16.5. The van der Waals surface area contributed by atoms with E-state index in [1.807, 2.05) is 24.6 Å². The number of carbonyl (C=O) groups excluding carboxylic acids is 1. The summed E-state index contributed by atoms with van der Waals surface area (Å²) in [5.74, 6) is 0.607. The first-order valence-electron chi connectivity index (χ1n) is 8.31. The molecule has 22 heavy (non-hydrogen) atoms. The van der Waals surface area contributed by atoms with Gasteiger partial charge in [0.25, 0.3) is 0 Å². The number of ether oxygens (including phenoxy) is 1. The molecule has 1 saturated heterocycles. The first-order valence-corrected chi connectivity index (χ1v) is 8.31. The molecule has 0 bridgehead atoms. The molecule has 1 aliphatic heterocycles. The van der Waals surface area contributed by atoms with Gasteiger partial charge >= 0.3 is 0 Å². The number of aryl methyl sites for hydroxylation is 3. The van der Waals surface area contributed by atoms with Crippen molar-refractivity contribution in [3.8, 4) is 0 Å². The third-order valence-corrected chi connectivity index (χ3v) is 5.30. The predicted octanol–water partition coefficient (Wildman–Crippen LogP) is 2.21. The number of aromatic nitrogens is 2. The number of fused-ring (bicyclic) bond motifs is 1. The molecule has 0 unspecified atom stereocenters. The first kappa shape index (κ1) is 15.5. The topological polar surface area (TPSA) is 56.2 Å². The number of hydrogen-bond donors (Lipinski definition) is 1. The van der Waals surface area contributed by atoms with E-state index in [0.29, 0.717) is 25.0 Å². The van der Waals surface area contributed by atoms with Crippen LogP contribution in [0.2, 0.25) is 0 Å². The van der Waals surface area contributed by atoms with Crippen molar-refractivity contribution >= 4 is 5.91 Å². The number of rotatable bonds is 4. The maximum Gasteiger partial charge on any atom is 0.222 e. The van der Waals surface area contributed by atoms with E-state index in [-0.39, 0.29) is 17.4 Å². The van der Waals surface area contributed by atoms with Gasteiger partial charge in [0.1, 0.15) is 0 Å². The molecule has 1 saturated carbocycles. The summed E-state index contributed by atoms with van der Waals surface area (Å²) in [6, 6.07) is 2.28. The summed E-state index contributed by atoms with van der Waals surface area (Å²) in [7, 11) is 0. The van der Waals surface area contributed by atoms with Crippen molar-refractivity contribution in [3.63, 3.8) is 0 Å². The van der Waals surface area contributed by atoms with Gasteiger partial charge in [-0.3, -0.25) is 9.48 Å². The lowest BCUT2D eigenvalue weighted by Gasteiger charge is -2.59. The maximum atomic E-state index is 12.3. The van der Waals surface area contributed by atoms with Crippen LogP contribution in [-0.2, 0) is 16.1 Å². The van der Waals surface area contributed by atoms with E-state index in [1.54, 1.807) is 0 Å². The van der Waals surface area contributed by atoms with E-state index in [9.17, 15) is 4.79 Å². The monoisotopic (exact) mass is 305 g/mol. The van der Waals surface area contributed by atoms with Crippen LogP contribution < -0.4 is 5.32 Å². The van der Waals surface area contributed by atoms with Crippen LogP contribution in [-0.4, -0.2) is 34.4 Å². The van der Waals surface area contributed by atoms with Crippen molar-refractivity contribution in [2.24, 2.45) is 11.3 Å². The summed E-state index contributed by atoms with van der Waals surface area (Å²) in [4.78, 5) is 12.3. The Kier molecular flexibility index (Phi) is 4.02. The van der Waals surface area contributed by atoms with Gasteiger partial charge in [-0.15, -0.1) is 0 Å². The molecule has 5 nitrogen and oxygen atoms in total. The molecule has 122 valence electrons. The summed E-state index contributed by atoms with van der Waals surface area (Å²) in [6.45, 7) is 9.91. The van der Waals surface area contributed by atoms with Crippen LogP contribution in [0, 0.1) is 25.2 Å². The molecule has 1 aromatic heterocycles. The zero-order valence-corrected chi connectivity index (χ0v) is 14.1. The van der Waals surface area contributed by atoms with Crippen molar-refractivity contribution in [2.75, 3.05) is 6.61 Å². The number of amides is 1. The lowest BCUT2D eigenvalue weighted by molar-refractivity contribution is -0.193. The van der Waals surface area contributed by atoms with Gasteiger partial charge in [-0.1, -0.05) is 13.8 Å². The van der Waals surface area contributed by atoms with E-state index in [0.717, 1.165) is 30.8 Å². The SMILES string of the molecule is Cc1cc(C)n(CCC(=O)N[C@@H]2[C@H]3CCCO[C@H]3C2(C)C)n1. The highest BCUT2D eigenvalue weighted by Crippen LogP contribution is 2.51. The average Bonchev–Trinajstić information content (AvgIpc) is 2.80. The van der Waals surface area contributed by atoms with Crippen molar-refractivity contribution < 1.29 is 9.53 Å². The molecule has 1 aromatic rings. The van der Waals surface area contributed by atoms with Crippen molar-refractivity contribution in [3.05, 3.63) is 17.5 Å². The highest BCUT2D eigenvalue weighted by Gasteiger charge is 2.58. The predicted molar refractivity (Wildman–Crippen MR) is 84.5 cm³/mol. The maximum absolute atomic E-state index is 12.3. The molecule has 3 rings (SSSR count). The molecule has 0 spiro atoms. The van der Waals surface area contributed by atoms with Crippen LogP contribution in [0.1, 0.15) is 44.5 Å². The smallest absolute Gasteiger partial charge is 0.222 e. The van der Waals surface area contributed by atoms with Gasteiger partial charge in [-0.05, 0) is 32.8 Å². The molecule has 2 heterocycles. The quantitative estimate of drug-likeness (QED) is 0.928. The van der Waals surface area contributed by atoms with Crippen LogP contribution in [0.3, 0.4) is 0 Å². The zero-order chi connectivity index (χ0) is 15.9. The van der Waals surface area contributed by atoms with E-state index >= 15 is 0 Å². The minimum atomic E-state index is 0.0406. The van der Waals surface area contributed by atoms with E-state index in [4.69, 9.17) is 4.74 Å². The van der Waals surface area contributed by atoms with Crippen LogP contribution >= 0.6 is 0 Å². The third-order valence-electron chi connectivity index (χ3n) is 5.30. The fourth-order valence-corrected chi connectivity index (χ4v) is 4.17. The molecule has 3 atom stereocenters. The lowest BCUT2D eigenvalue weighted by Crippen LogP contribution is -2.70. The standard InChI is InChI=1S/C17H27N3O2/c1-11-10-12(2)20(19-11)8-7-14(21)18-15-13-6-5-9-22-16(13)17(15,3)4/h10,13,15-16H,5-9H2,1-4H3,(H,18,21)/t13-,15-,16-/m1/s1. The summed E-state index contributed by atoms with van der Waals surface area (Å²) < 4.78 is 7.80. The Bertz CT molecular complexity index is 564. The minimum absolute atomic E-state index is 0.0406. The summed E-state index contributed by atoms with van der Waals surface area (Å²) in [6.07, 6.45) is 3.06. The Morgan fingerprint density at radius 2 is 2.27 bits per heavy atom. The summed E-state index contributed by atoms with van der Waals surface area (Å²) in [5.41, 5.74) is 2.15. The van der Waals surface area contributed by atoms with Crippen LogP contribution in [0.5, 0.6) is 0 Å². The zero-order valence-electron chi connectivity index (χ0n) is 14.1. The van der Waals surface area contributed by atoms with E-state index in [1.165, 1.54) is 0 Å². The normalized spacial score (nSPS) is 29.5. The van der Waals surface area contributed by atoms with Gasteiger partial charge < -0.3 is 10.1 Å². The third kappa shape index (κ3) is 2.67. The van der Waals surface area contributed by atoms with Gasteiger partial charge in [0.15, 0.2) is 0 Å². The van der Waals surface area contributed by atoms with Gasteiger partial charge in [0.05, 0.1) is 11.8 Å². The van der Waals surface area contributed by atoms with Crippen LogP contribution in [0.4, 0.5) is 0 Å². The van der Waals surface area contributed by atoms with Crippen molar-refractivity contribution in [2.45, 2.75) is 65.6 Å². The molecule has 2 fully saturated rings. The summed E-state index contributed by atoms with van der Waals surface area (Å²) >= 11 is 0. The van der Waals surface area contributed by atoms with E-state index < -0.39 is 0 Å². The second kappa shape index (κ2) is 5.69. The van der Waals surface area contributed by atoms with Gasteiger partial charge in [0, 0.05) is 42.6 Å². The van der Waals surface area contributed by atoms with Gasteiger partial charge in [0.2, 0.25) is 5.91 Å². The largest absolute Gasteiger partial charge is 0.377 e. The Morgan fingerprint density at radius 3 is 2.95 bits per heavy atom. The Balaban J connectivity index is 1.54. The molecule has 5 heteroatoms. The Hall–Kier alpha value is -1.36. The van der Waals surface area contributed by atoms with E-state index in [2.05, 4.69) is 24.3 Å². The molecule has 1 aliphatic carbocycles. The number of carbonyl (C=O) groups is 1. The van der Waals surface area contributed by atoms with Crippen LogP contribution in [0.25, 0.3) is 0 Å². The van der Waals surface area contributed by atoms with Gasteiger partial charge in [-0.25, -0.2) is 0 Å². The van der Waals surface area contributed by atoms with Crippen molar-refractivity contribution in [1.82, 2.24) is 15.1 Å². The molecule has 0 aromatic carbocycles. The second-order valence-corrected chi connectivity index (χ2v) is 7.36. The fraction of sp³-hybridized carbons (Fsp3) is 0.765. The van der Waals surface area contributed by atoms with Crippen LogP contribution in [0.15, 0.2) is 6.07 Å². The highest BCUT2D eigenvalue weighted by molar-refractivity contribution is 5.76. The minimum Gasteiger partial charge on any atom is -0.377 e. The lowest BCUT2D eigenvalue weighted by atomic mass is 9.55. The average molecular weight is 305 g/mol. The summed E-state index contributed by atoms with van der Waals surface area (Å²) in [5, 5.41) is 7.65. The molecule has 0 radical (unpaired) electrons. The first-order chi connectivity index (χ1) is 10.4. The fourth-order valence-electron chi connectivity index (χ4n) is 4.17. The number of hydrogen-bond acceptors (Lipinski definition) is 3. The molecular formula is C17H27N3O2. The molecule has 1 N–H and O–H groups in total. The Labute approximate surface area is 132 Å². The Morgan fingerprint density at radius 1 is 1.50 bits per heavy atom. The molecule has 1 amide bonds. The molecular weight excluding hydrogens is 278 g/mol. The second-order valence-electron chi connectivity index (χ2n) is 7.36. The molecule has 2 aliphatic rings. The van der Waals surface area contributed by atoms with Crippen molar-refractivity contribution in [1.29, 1.82) is 0 Å². The number of nitrogens with one attached hydrogen (secondary N) is 1.